The van der Waals surface area contributed by atoms with Crippen LogP contribution in [0.5, 0.6) is 0 Å². The molecule has 1 radical (unpaired) electrons. The zero-order chi connectivity index (χ0) is 6.41. The van der Waals surface area contributed by atoms with E-state index in [2.05, 4.69) is 6.58 Å². The molecule has 0 fully saturated rings. The Morgan fingerprint density at radius 2 is 2.38 bits per heavy atom. The van der Waals surface area contributed by atoms with E-state index in [0.29, 0.717) is 6.42 Å². The minimum Gasteiger partial charge on any atom is -0.327 e. The van der Waals surface area contributed by atoms with Crippen LogP contribution in [0.3, 0.4) is 0 Å². The summed E-state index contributed by atoms with van der Waals surface area (Å²) < 4.78 is 0. The molecule has 1 unspecified atom stereocenters. The molecule has 0 rings (SSSR count). The van der Waals surface area contributed by atoms with Gasteiger partial charge in [-0.2, -0.15) is 0 Å². The molecule has 0 aromatic carbocycles. The lowest BCUT2D eigenvalue weighted by molar-refractivity contribution is 0.182. The van der Waals surface area contributed by atoms with Crippen molar-refractivity contribution in [3.63, 3.8) is 0 Å². The summed E-state index contributed by atoms with van der Waals surface area (Å²) in [5.41, 5.74) is 5.42. The van der Waals surface area contributed by atoms with Crippen molar-refractivity contribution in [2.75, 3.05) is 6.61 Å². The van der Waals surface area contributed by atoms with Crippen molar-refractivity contribution < 1.29 is 5.11 Å². The van der Waals surface area contributed by atoms with Crippen LogP contribution >= 0.6 is 0 Å². The summed E-state index contributed by atoms with van der Waals surface area (Å²) in [5, 5.41) is 9.90. The van der Waals surface area contributed by atoms with E-state index in [1.807, 2.05) is 0 Å². The smallest absolute Gasteiger partial charge is 0.0837 e. The summed E-state index contributed by atoms with van der Waals surface area (Å²) in [5.74, 6) is 0. The Morgan fingerprint density at radius 3 is 2.75 bits per heavy atom. The summed E-state index contributed by atoms with van der Waals surface area (Å²) in [7, 11) is 0. The maximum Gasteiger partial charge on any atom is 0.0837 e. The standard InChI is InChI=1S/C6H12NO/c1-2-3-6(7)4-5-8/h2,6H,1,3-5,7H2. The minimum atomic E-state index is -0.0744. The van der Waals surface area contributed by atoms with Crippen LogP contribution in [-0.4, -0.2) is 12.6 Å². The van der Waals surface area contributed by atoms with E-state index in [9.17, 15) is 5.11 Å². The normalized spacial score (nSPS) is 13.2. The first-order chi connectivity index (χ1) is 3.81. The fraction of sp³-hybridized carbons (Fsp3) is 0.667. The Bertz CT molecular complexity index is 63.5. The van der Waals surface area contributed by atoms with Crippen molar-refractivity contribution in [3.8, 4) is 0 Å². The molecule has 0 aliphatic carbocycles. The summed E-state index contributed by atoms with van der Waals surface area (Å²) >= 11 is 0. The fourth-order valence-corrected chi connectivity index (χ4v) is 0.483. The van der Waals surface area contributed by atoms with Crippen molar-refractivity contribution in [1.82, 2.24) is 0 Å². The molecule has 2 nitrogen and oxygen atoms in total. The maximum absolute atomic E-state index is 9.90. The van der Waals surface area contributed by atoms with E-state index >= 15 is 0 Å². The van der Waals surface area contributed by atoms with Gasteiger partial charge in [-0.25, -0.2) is 5.11 Å². The number of rotatable bonds is 4. The van der Waals surface area contributed by atoms with Gasteiger partial charge in [0.25, 0.3) is 0 Å². The minimum absolute atomic E-state index is 0.0324. The predicted molar refractivity (Wildman–Crippen MR) is 33.0 cm³/mol. The zero-order valence-corrected chi connectivity index (χ0v) is 4.97. The van der Waals surface area contributed by atoms with Gasteiger partial charge in [-0.1, -0.05) is 6.08 Å². The molecule has 0 saturated carbocycles. The van der Waals surface area contributed by atoms with Crippen LogP contribution in [0.2, 0.25) is 0 Å². The molecule has 0 aliphatic heterocycles. The molecule has 0 bridgehead atoms. The third-order valence-electron chi connectivity index (χ3n) is 0.958. The lowest BCUT2D eigenvalue weighted by Crippen LogP contribution is -2.19. The van der Waals surface area contributed by atoms with Crippen LogP contribution in [-0.2, 0) is 5.11 Å². The van der Waals surface area contributed by atoms with Gasteiger partial charge >= 0.3 is 0 Å². The molecule has 0 aromatic heterocycles. The van der Waals surface area contributed by atoms with Crippen LogP contribution < -0.4 is 5.73 Å². The Labute approximate surface area is 50.0 Å². The molecule has 0 amide bonds. The molecule has 2 heteroatoms. The highest BCUT2D eigenvalue weighted by atomic mass is 16.3. The van der Waals surface area contributed by atoms with E-state index in [0.717, 1.165) is 6.42 Å². The van der Waals surface area contributed by atoms with Gasteiger partial charge in [-0.05, 0) is 12.8 Å². The second kappa shape index (κ2) is 4.81. The van der Waals surface area contributed by atoms with Gasteiger partial charge in [0.05, 0.1) is 6.61 Å². The molecule has 0 aliphatic rings. The average molecular weight is 114 g/mol. The largest absolute Gasteiger partial charge is 0.327 e. The third-order valence-corrected chi connectivity index (χ3v) is 0.958. The number of hydrogen-bond donors (Lipinski definition) is 1. The summed E-state index contributed by atoms with van der Waals surface area (Å²) in [4.78, 5) is 0. The van der Waals surface area contributed by atoms with Crippen molar-refractivity contribution in [2.45, 2.75) is 18.9 Å². The monoisotopic (exact) mass is 114 g/mol. The second-order valence-corrected chi connectivity index (χ2v) is 1.78. The number of nitrogens with two attached hydrogens (primary N) is 1. The van der Waals surface area contributed by atoms with Crippen LogP contribution in [0.4, 0.5) is 0 Å². The fourth-order valence-electron chi connectivity index (χ4n) is 0.483. The molecular weight excluding hydrogens is 102 g/mol. The maximum atomic E-state index is 9.90. The molecule has 47 valence electrons. The first-order valence-corrected chi connectivity index (χ1v) is 2.76. The lowest BCUT2D eigenvalue weighted by atomic mass is 10.2. The lowest BCUT2D eigenvalue weighted by Gasteiger charge is -2.02. The van der Waals surface area contributed by atoms with E-state index in [4.69, 9.17) is 5.73 Å². The predicted octanol–water partition coefficient (Wildman–Crippen LogP) is 0.710. The average Bonchev–Trinajstić information content (AvgIpc) is 1.68. The van der Waals surface area contributed by atoms with Gasteiger partial charge in [0, 0.05) is 6.04 Å². The Morgan fingerprint density at radius 1 is 1.75 bits per heavy atom. The van der Waals surface area contributed by atoms with Gasteiger partial charge in [0.2, 0.25) is 0 Å². The molecule has 1 atom stereocenters. The number of hydrogen-bond acceptors (Lipinski definition) is 1. The van der Waals surface area contributed by atoms with Crippen LogP contribution in [0, 0.1) is 0 Å². The first-order valence-electron chi connectivity index (χ1n) is 2.76. The molecule has 0 heterocycles. The highest BCUT2D eigenvalue weighted by Gasteiger charge is 1.96. The van der Waals surface area contributed by atoms with E-state index in [-0.39, 0.29) is 12.6 Å². The quantitative estimate of drug-likeness (QED) is 0.537. The molecular formula is C6H12NO. The second-order valence-electron chi connectivity index (χ2n) is 1.78. The van der Waals surface area contributed by atoms with Gasteiger partial charge in [0.1, 0.15) is 0 Å². The van der Waals surface area contributed by atoms with Crippen molar-refractivity contribution in [3.05, 3.63) is 12.7 Å². The van der Waals surface area contributed by atoms with Gasteiger partial charge in [0.15, 0.2) is 0 Å². The Hall–Kier alpha value is -0.340. The van der Waals surface area contributed by atoms with Crippen molar-refractivity contribution >= 4 is 0 Å². The van der Waals surface area contributed by atoms with E-state index < -0.39 is 0 Å². The molecule has 0 aromatic rings. The summed E-state index contributed by atoms with van der Waals surface area (Å²) in [6, 6.07) is 0.0324. The van der Waals surface area contributed by atoms with Crippen LogP contribution in [0.25, 0.3) is 0 Å². The first kappa shape index (κ1) is 7.66. The Balaban J connectivity index is 3.03. The van der Waals surface area contributed by atoms with E-state index in [1.54, 1.807) is 6.08 Å². The third kappa shape index (κ3) is 3.84. The molecule has 0 spiro atoms. The van der Waals surface area contributed by atoms with Crippen LogP contribution in [0.15, 0.2) is 12.7 Å². The van der Waals surface area contributed by atoms with Gasteiger partial charge < -0.3 is 5.73 Å². The van der Waals surface area contributed by atoms with E-state index in [1.165, 1.54) is 0 Å². The van der Waals surface area contributed by atoms with Gasteiger partial charge in [-0.15, -0.1) is 6.58 Å². The highest BCUT2D eigenvalue weighted by Crippen LogP contribution is 1.92. The summed E-state index contributed by atoms with van der Waals surface area (Å²) in [6.07, 6.45) is 3.05. The van der Waals surface area contributed by atoms with Crippen LogP contribution in [0.1, 0.15) is 12.8 Å². The SMILES string of the molecule is C=CCC(N)CC[O]. The zero-order valence-electron chi connectivity index (χ0n) is 4.97. The van der Waals surface area contributed by atoms with Crippen molar-refractivity contribution in [1.29, 1.82) is 0 Å². The molecule has 2 N–H and O–H groups in total. The molecule has 8 heavy (non-hydrogen) atoms. The topological polar surface area (TPSA) is 45.9 Å². The molecule has 0 saturated heterocycles. The van der Waals surface area contributed by atoms with Crippen molar-refractivity contribution in [2.24, 2.45) is 5.73 Å². The highest BCUT2D eigenvalue weighted by molar-refractivity contribution is 4.74. The van der Waals surface area contributed by atoms with Gasteiger partial charge in [-0.3, -0.25) is 0 Å². The Kier molecular flexibility index (Phi) is 4.61. The summed E-state index contributed by atoms with van der Waals surface area (Å²) in [6.45, 7) is 3.43.